The van der Waals surface area contributed by atoms with E-state index in [-0.39, 0.29) is 31.1 Å². The molecular formula is C74H132O6. The molecule has 6 nitrogen and oxygen atoms in total. The van der Waals surface area contributed by atoms with Gasteiger partial charge >= 0.3 is 17.9 Å². The first-order chi connectivity index (χ1) is 39.5. The Kier molecular flexibility index (Phi) is 65.7. The van der Waals surface area contributed by atoms with Crippen molar-refractivity contribution in [2.24, 2.45) is 0 Å². The van der Waals surface area contributed by atoms with Gasteiger partial charge in [0.25, 0.3) is 0 Å². The number of rotatable bonds is 64. The highest BCUT2D eigenvalue weighted by Crippen LogP contribution is 2.18. The third kappa shape index (κ3) is 65.7. The van der Waals surface area contributed by atoms with E-state index in [1.165, 1.54) is 218 Å². The van der Waals surface area contributed by atoms with Crippen molar-refractivity contribution >= 4 is 17.9 Å². The summed E-state index contributed by atoms with van der Waals surface area (Å²) in [6.45, 7) is 6.52. The van der Waals surface area contributed by atoms with Crippen LogP contribution < -0.4 is 0 Å². The number of ether oxygens (including phenoxy) is 3. The molecule has 0 aliphatic heterocycles. The van der Waals surface area contributed by atoms with Crippen molar-refractivity contribution in [3.05, 3.63) is 72.9 Å². The summed E-state index contributed by atoms with van der Waals surface area (Å²) in [7, 11) is 0. The van der Waals surface area contributed by atoms with Crippen molar-refractivity contribution in [2.45, 2.75) is 367 Å². The van der Waals surface area contributed by atoms with Gasteiger partial charge in [-0.25, -0.2) is 0 Å². The molecule has 0 aromatic heterocycles. The fourth-order valence-electron chi connectivity index (χ4n) is 10.2. The number of carbonyl (C=O) groups excluding carboxylic acids is 3. The first-order valence-corrected chi connectivity index (χ1v) is 34.9. The maximum Gasteiger partial charge on any atom is 0.306 e. The number of esters is 3. The zero-order valence-electron chi connectivity index (χ0n) is 53.3. The SMILES string of the molecule is CC/C=C\C/C=C\C/C=C\C/C=C\CCCCCCCCC(=O)OC(COC(=O)CCCCCCCCCC)COC(=O)CCCCCCCCCCCCCCCCCCCCCCCCC/C=C\C/C=C\CCCCCCC. The number of allylic oxidation sites excluding steroid dienone is 12. The van der Waals surface area contributed by atoms with E-state index in [4.69, 9.17) is 14.2 Å². The summed E-state index contributed by atoms with van der Waals surface area (Å²) in [6.07, 6.45) is 89.6. The van der Waals surface area contributed by atoms with E-state index in [2.05, 4.69) is 93.7 Å². The van der Waals surface area contributed by atoms with Crippen molar-refractivity contribution in [3.63, 3.8) is 0 Å². The Morgan fingerprint density at radius 3 is 0.762 bits per heavy atom. The molecule has 6 heteroatoms. The van der Waals surface area contributed by atoms with Crippen LogP contribution in [0.15, 0.2) is 72.9 Å². The van der Waals surface area contributed by atoms with Crippen molar-refractivity contribution in [1.29, 1.82) is 0 Å². The van der Waals surface area contributed by atoms with Gasteiger partial charge in [-0.2, -0.15) is 0 Å². The fraction of sp³-hybridized carbons (Fsp3) is 0.797. The summed E-state index contributed by atoms with van der Waals surface area (Å²) < 4.78 is 16.9. The van der Waals surface area contributed by atoms with Crippen LogP contribution in [0.5, 0.6) is 0 Å². The van der Waals surface area contributed by atoms with Gasteiger partial charge in [-0.15, -0.1) is 0 Å². The molecule has 0 amide bonds. The van der Waals surface area contributed by atoms with Gasteiger partial charge in [0.15, 0.2) is 6.10 Å². The van der Waals surface area contributed by atoms with Crippen molar-refractivity contribution in [2.75, 3.05) is 13.2 Å². The monoisotopic (exact) mass is 1120 g/mol. The molecule has 0 N–H and O–H groups in total. The van der Waals surface area contributed by atoms with Crippen molar-refractivity contribution in [3.8, 4) is 0 Å². The maximum absolute atomic E-state index is 12.9. The minimum atomic E-state index is -0.780. The van der Waals surface area contributed by atoms with Gasteiger partial charge in [-0.3, -0.25) is 14.4 Å². The normalized spacial score (nSPS) is 12.5. The molecular weight excluding hydrogens is 985 g/mol. The highest BCUT2D eigenvalue weighted by molar-refractivity contribution is 5.71. The van der Waals surface area contributed by atoms with Crippen molar-refractivity contribution < 1.29 is 28.6 Å². The van der Waals surface area contributed by atoms with E-state index >= 15 is 0 Å². The number of hydrogen-bond donors (Lipinski definition) is 0. The first-order valence-electron chi connectivity index (χ1n) is 34.9. The summed E-state index contributed by atoms with van der Waals surface area (Å²) in [6, 6.07) is 0. The minimum absolute atomic E-state index is 0.0769. The van der Waals surface area contributed by atoms with Crippen molar-refractivity contribution in [1.82, 2.24) is 0 Å². The molecule has 0 aromatic rings. The van der Waals surface area contributed by atoms with Gasteiger partial charge in [0, 0.05) is 19.3 Å². The van der Waals surface area contributed by atoms with E-state index in [9.17, 15) is 14.4 Å². The topological polar surface area (TPSA) is 78.9 Å². The molecule has 1 atom stereocenters. The minimum Gasteiger partial charge on any atom is -0.462 e. The third-order valence-electron chi connectivity index (χ3n) is 15.4. The molecule has 0 aliphatic carbocycles. The van der Waals surface area contributed by atoms with Crippen LogP contribution >= 0.6 is 0 Å². The van der Waals surface area contributed by atoms with Gasteiger partial charge in [0.05, 0.1) is 0 Å². The Bertz CT molecular complexity index is 1470. The lowest BCUT2D eigenvalue weighted by molar-refractivity contribution is -0.167. The smallest absolute Gasteiger partial charge is 0.306 e. The second-order valence-corrected chi connectivity index (χ2v) is 23.4. The summed E-state index contributed by atoms with van der Waals surface area (Å²) in [5.41, 5.74) is 0. The Morgan fingerprint density at radius 2 is 0.487 bits per heavy atom. The molecule has 0 saturated carbocycles. The van der Waals surface area contributed by atoms with Gasteiger partial charge in [0.2, 0.25) is 0 Å². The Balaban J connectivity index is 4.01. The molecule has 1 unspecified atom stereocenters. The average Bonchev–Trinajstić information content (AvgIpc) is 3.46. The van der Waals surface area contributed by atoms with Gasteiger partial charge in [0.1, 0.15) is 13.2 Å². The second-order valence-electron chi connectivity index (χ2n) is 23.4. The molecule has 0 aliphatic rings. The lowest BCUT2D eigenvalue weighted by Crippen LogP contribution is -2.30. The largest absolute Gasteiger partial charge is 0.462 e. The quantitative estimate of drug-likeness (QED) is 0.0261. The van der Waals surface area contributed by atoms with Crippen LogP contribution in [0.2, 0.25) is 0 Å². The predicted molar refractivity (Wildman–Crippen MR) is 348 cm³/mol. The van der Waals surface area contributed by atoms with E-state index in [1.807, 2.05) is 0 Å². The van der Waals surface area contributed by atoms with E-state index in [0.29, 0.717) is 19.3 Å². The predicted octanol–water partition coefficient (Wildman–Crippen LogP) is 24.1. The molecule has 0 aromatic carbocycles. The van der Waals surface area contributed by atoms with Gasteiger partial charge in [-0.05, 0) is 89.9 Å². The maximum atomic E-state index is 12.9. The zero-order chi connectivity index (χ0) is 57.8. The average molecular weight is 1120 g/mol. The van der Waals surface area contributed by atoms with Crippen LogP contribution in [0.4, 0.5) is 0 Å². The highest BCUT2D eigenvalue weighted by atomic mass is 16.6. The van der Waals surface area contributed by atoms with Crippen LogP contribution in [-0.2, 0) is 28.6 Å². The summed E-state index contributed by atoms with van der Waals surface area (Å²) in [5, 5.41) is 0. The highest BCUT2D eigenvalue weighted by Gasteiger charge is 2.19. The molecule has 0 bridgehead atoms. The Morgan fingerprint density at radius 1 is 0.263 bits per heavy atom. The molecule has 0 saturated heterocycles. The molecule has 0 radical (unpaired) electrons. The lowest BCUT2D eigenvalue weighted by atomic mass is 10.0. The van der Waals surface area contributed by atoms with Crippen LogP contribution in [0.25, 0.3) is 0 Å². The van der Waals surface area contributed by atoms with Crippen LogP contribution in [0.1, 0.15) is 361 Å². The fourth-order valence-corrected chi connectivity index (χ4v) is 10.2. The molecule has 0 spiro atoms. The number of hydrogen-bond acceptors (Lipinski definition) is 6. The lowest BCUT2D eigenvalue weighted by Gasteiger charge is -2.18. The number of unbranched alkanes of at least 4 members (excludes halogenated alkanes) is 41. The van der Waals surface area contributed by atoms with Gasteiger partial charge in [-0.1, -0.05) is 325 Å². The Hall–Kier alpha value is -3.15. The molecule has 464 valence electrons. The van der Waals surface area contributed by atoms with E-state index < -0.39 is 6.10 Å². The van der Waals surface area contributed by atoms with Crippen LogP contribution in [0, 0.1) is 0 Å². The summed E-state index contributed by atoms with van der Waals surface area (Å²) in [4.78, 5) is 38.2. The van der Waals surface area contributed by atoms with E-state index in [1.54, 1.807) is 0 Å². The number of carbonyl (C=O) groups is 3. The first kappa shape index (κ1) is 76.9. The molecule has 80 heavy (non-hydrogen) atoms. The summed E-state index contributed by atoms with van der Waals surface area (Å²) in [5.74, 6) is -0.878. The van der Waals surface area contributed by atoms with Gasteiger partial charge < -0.3 is 14.2 Å². The summed E-state index contributed by atoms with van der Waals surface area (Å²) >= 11 is 0. The zero-order valence-corrected chi connectivity index (χ0v) is 53.3. The van der Waals surface area contributed by atoms with Crippen LogP contribution in [-0.4, -0.2) is 37.2 Å². The van der Waals surface area contributed by atoms with E-state index in [0.717, 1.165) is 103 Å². The third-order valence-corrected chi connectivity index (χ3v) is 15.4. The standard InChI is InChI=1S/C74H132O6/c1-4-7-10-13-16-19-21-23-25-27-29-30-31-32-33-34-35-36-37-38-39-40-41-42-43-44-46-47-49-51-53-55-58-61-64-67-73(76)79-70-71(69-78-72(75)66-63-60-57-18-15-12-9-6-3)80-74(77)68-65-62-59-56-54-52-50-48-45-28-26-24-22-20-17-14-11-8-5-2/h8,11,17,20-21,23-24,26-27,29,45,48,71H,4-7,9-10,12-16,18-19,22,25,28,30-44,46-47,49-70H2,1-3H3/b11-8-,20-17-,23-21-,26-24-,29-27-,48-45-. The molecule has 0 rings (SSSR count). The second kappa shape index (κ2) is 68.3. The van der Waals surface area contributed by atoms with Crippen LogP contribution in [0.3, 0.4) is 0 Å². The Labute approximate surface area is 497 Å². The molecule has 0 fully saturated rings. The molecule has 0 heterocycles.